The molecule has 2 aliphatic rings. The van der Waals surface area contributed by atoms with Crippen LogP contribution in [0.15, 0.2) is 0 Å². The molecule has 2 rings (SSSR count). The van der Waals surface area contributed by atoms with Gasteiger partial charge in [0, 0.05) is 12.6 Å². The Morgan fingerprint density at radius 1 is 1.17 bits per heavy atom. The Labute approximate surface area is 102 Å². The lowest BCUT2D eigenvalue weighted by atomic mass is 9.81. The number of nitrogens with zero attached hydrogens (tertiary/aromatic N) is 1. The maximum Gasteiger partial charge on any atom is 0.471 e. The van der Waals surface area contributed by atoms with Crippen molar-refractivity contribution in [3.8, 4) is 0 Å². The Kier molecular flexibility index (Phi) is 3.25. The SMILES string of the molecule is O=C(O)C1CCN(C(=O)C(F)(F)F)[C@@H]2CCC[C@H]12. The van der Waals surface area contributed by atoms with E-state index in [1.54, 1.807) is 0 Å². The second-order valence-electron chi connectivity index (χ2n) is 4.89. The van der Waals surface area contributed by atoms with Crippen LogP contribution >= 0.6 is 0 Å². The highest BCUT2D eigenvalue weighted by atomic mass is 19.4. The number of fused-ring (bicyclic) bond motifs is 1. The molecule has 0 aromatic carbocycles. The number of amides is 1. The van der Waals surface area contributed by atoms with Gasteiger partial charge < -0.3 is 10.0 Å². The predicted octanol–water partition coefficient (Wildman–Crippen LogP) is 1.65. The Morgan fingerprint density at radius 3 is 2.39 bits per heavy atom. The van der Waals surface area contributed by atoms with Gasteiger partial charge in [-0.05, 0) is 25.2 Å². The van der Waals surface area contributed by atoms with E-state index in [1.807, 2.05) is 0 Å². The summed E-state index contributed by atoms with van der Waals surface area (Å²) in [6, 6.07) is -0.561. The van der Waals surface area contributed by atoms with Crippen LogP contribution in [0.5, 0.6) is 0 Å². The van der Waals surface area contributed by atoms with Crippen LogP contribution in [0.4, 0.5) is 13.2 Å². The third kappa shape index (κ3) is 2.18. The third-order valence-corrected chi connectivity index (χ3v) is 3.95. The van der Waals surface area contributed by atoms with Crippen molar-refractivity contribution < 1.29 is 27.9 Å². The molecule has 1 heterocycles. The van der Waals surface area contributed by atoms with E-state index in [1.165, 1.54) is 0 Å². The van der Waals surface area contributed by atoms with Crippen molar-refractivity contribution in [2.24, 2.45) is 11.8 Å². The lowest BCUT2D eigenvalue weighted by Crippen LogP contribution is -2.54. The van der Waals surface area contributed by atoms with E-state index in [-0.39, 0.29) is 18.9 Å². The molecule has 1 unspecified atom stereocenters. The molecular formula is C11H14F3NO3. The minimum atomic E-state index is -4.87. The van der Waals surface area contributed by atoms with Gasteiger partial charge in [0.1, 0.15) is 0 Å². The molecule has 2 fully saturated rings. The first-order valence-electron chi connectivity index (χ1n) is 5.93. The van der Waals surface area contributed by atoms with Crippen LogP contribution in [0.2, 0.25) is 0 Å². The highest BCUT2D eigenvalue weighted by Gasteiger charge is 2.51. The third-order valence-electron chi connectivity index (χ3n) is 3.95. The van der Waals surface area contributed by atoms with Crippen molar-refractivity contribution >= 4 is 11.9 Å². The lowest BCUT2D eigenvalue weighted by molar-refractivity contribution is -0.191. The van der Waals surface area contributed by atoms with Crippen LogP contribution in [0.25, 0.3) is 0 Å². The number of hydrogen-bond acceptors (Lipinski definition) is 2. The number of hydrogen-bond donors (Lipinski definition) is 1. The van der Waals surface area contributed by atoms with Crippen molar-refractivity contribution in [2.45, 2.75) is 37.9 Å². The molecule has 7 heteroatoms. The molecule has 18 heavy (non-hydrogen) atoms. The zero-order chi connectivity index (χ0) is 13.5. The minimum absolute atomic E-state index is 0.109. The van der Waals surface area contributed by atoms with Gasteiger partial charge >= 0.3 is 18.1 Å². The van der Waals surface area contributed by atoms with Gasteiger partial charge in [0.15, 0.2) is 0 Å². The summed E-state index contributed by atoms with van der Waals surface area (Å²) in [5, 5.41) is 9.04. The molecule has 1 aliphatic heterocycles. The number of rotatable bonds is 1. The first kappa shape index (κ1) is 13.2. The van der Waals surface area contributed by atoms with Crippen molar-refractivity contribution in [2.75, 3.05) is 6.54 Å². The number of likely N-dealkylation sites (tertiary alicyclic amines) is 1. The number of carbonyl (C=O) groups is 2. The summed E-state index contributed by atoms with van der Waals surface area (Å²) in [4.78, 5) is 23.2. The summed E-state index contributed by atoms with van der Waals surface area (Å²) >= 11 is 0. The van der Waals surface area contributed by atoms with Gasteiger partial charge in [-0.15, -0.1) is 0 Å². The van der Waals surface area contributed by atoms with Gasteiger partial charge in [-0.25, -0.2) is 0 Å². The number of piperidine rings is 1. The summed E-state index contributed by atoms with van der Waals surface area (Å²) in [6.45, 7) is -0.115. The van der Waals surface area contributed by atoms with Crippen LogP contribution in [0.1, 0.15) is 25.7 Å². The van der Waals surface area contributed by atoms with Gasteiger partial charge in [-0.3, -0.25) is 9.59 Å². The van der Waals surface area contributed by atoms with Crippen molar-refractivity contribution in [3.63, 3.8) is 0 Å². The summed E-state index contributed by atoms with van der Waals surface area (Å²) in [6.07, 6.45) is -3.03. The standard InChI is InChI=1S/C11H14F3NO3/c12-11(13,14)10(18)15-5-4-7(9(16)17)6-2-1-3-8(6)15/h6-8H,1-5H2,(H,16,17)/t6-,7?,8-/m1/s1. The topological polar surface area (TPSA) is 57.6 Å². The van der Waals surface area contributed by atoms with Gasteiger partial charge in [0.2, 0.25) is 0 Å². The summed E-state index contributed by atoms with van der Waals surface area (Å²) in [5.74, 6) is -3.74. The van der Waals surface area contributed by atoms with Crippen molar-refractivity contribution in [1.29, 1.82) is 0 Å². The highest BCUT2D eigenvalue weighted by Crippen LogP contribution is 2.41. The second kappa shape index (κ2) is 4.44. The summed E-state index contributed by atoms with van der Waals surface area (Å²) in [5.41, 5.74) is 0. The zero-order valence-electron chi connectivity index (χ0n) is 9.61. The average Bonchev–Trinajstić information content (AvgIpc) is 2.73. The number of carboxylic acid groups (broad SMARTS) is 1. The maximum atomic E-state index is 12.4. The Bertz CT molecular complexity index is 369. The normalized spacial score (nSPS) is 32.2. The second-order valence-corrected chi connectivity index (χ2v) is 4.89. The van der Waals surface area contributed by atoms with Crippen LogP contribution in [-0.2, 0) is 9.59 Å². The molecular weight excluding hydrogens is 251 g/mol. The fourth-order valence-electron chi connectivity index (χ4n) is 3.21. The first-order chi connectivity index (χ1) is 8.32. The molecule has 1 aliphatic carbocycles. The van der Waals surface area contributed by atoms with Crippen LogP contribution in [0, 0.1) is 11.8 Å². The molecule has 4 nitrogen and oxygen atoms in total. The molecule has 102 valence electrons. The van der Waals surface area contributed by atoms with Crippen LogP contribution in [-0.4, -0.2) is 40.6 Å². The van der Waals surface area contributed by atoms with E-state index in [0.717, 1.165) is 4.90 Å². The van der Waals surface area contributed by atoms with Crippen molar-refractivity contribution in [3.05, 3.63) is 0 Å². The molecule has 0 aromatic rings. The van der Waals surface area contributed by atoms with E-state index in [2.05, 4.69) is 0 Å². The van der Waals surface area contributed by atoms with E-state index in [0.29, 0.717) is 19.3 Å². The van der Waals surface area contributed by atoms with Gasteiger partial charge in [0.05, 0.1) is 5.92 Å². The number of carboxylic acids is 1. The zero-order valence-corrected chi connectivity index (χ0v) is 9.61. The molecule has 1 saturated carbocycles. The highest BCUT2D eigenvalue weighted by molar-refractivity contribution is 5.82. The van der Waals surface area contributed by atoms with Crippen LogP contribution < -0.4 is 0 Å². The first-order valence-corrected chi connectivity index (χ1v) is 5.93. The Morgan fingerprint density at radius 2 is 1.83 bits per heavy atom. The lowest BCUT2D eigenvalue weighted by Gasteiger charge is -2.41. The number of carbonyl (C=O) groups excluding carboxylic acids is 1. The average molecular weight is 265 g/mol. The monoisotopic (exact) mass is 265 g/mol. The largest absolute Gasteiger partial charge is 0.481 e. The fourth-order valence-corrected chi connectivity index (χ4v) is 3.21. The van der Waals surface area contributed by atoms with Gasteiger partial charge in [-0.1, -0.05) is 6.42 Å². The number of aliphatic carboxylic acids is 1. The van der Waals surface area contributed by atoms with Gasteiger partial charge in [-0.2, -0.15) is 13.2 Å². The minimum Gasteiger partial charge on any atom is -0.481 e. The van der Waals surface area contributed by atoms with Crippen LogP contribution in [0.3, 0.4) is 0 Å². The summed E-state index contributed by atoms with van der Waals surface area (Å²) in [7, 11) is 0. The molecule has 1 saturated heterocycles. The Hall–Kier alpha value is -1.27. The smallest absolute Gasteiger partial charge is 0.471 e. The molecule has 3 atom stereocenters. The summed E-state index contributed by atoms with van der Waals surface area (Å²) < 4.78 is 37.3. The van der Waals surface area contributed by atoms with E-state index >= 15 is 0 Å². The molecule has 0 aromatic heterocycles. The molecule has 1 N–H and O–H groups in total. The quantitative estimate of drug-likeness (QED) is 0.784. The number of alkyl halides is 3. The molecule has 0 bridgehead atoms. The molecule has 0 spiro atoms. The van der Waals surface area contributed by atoms with E-state index < -0.39 is 30.0 Å². The van der Waals surface area contributed by atoms with E-state index in [9.17, 15) is 22.8 Å². The van der Waals surface area contributed by atoms with E-state index in [4.69, 9.17) is 5.11 Å². The number of halogens is 3. The predicted molar refractivity (Wildman–Crippen MR) is 54.6 cm³/mol. The molecule has 0 radical (unpaired) electrons. The fraction of sp³-hybridized carbons (Fsp3) is 0.818. The molecule has 1 amide bonds. The van der Waals surface area contributed by atoms with Crippen molar-refractivity contribution in [1.82, 2.24) is 4.90 Å². The maximum absolute atomic E-state index is 12.4. The Balaban J connectivity index is 2.18. The van der Waals surface area contributed by atoms with Gasteiger partial charge in [0.25, 0.3) is 0 Å².